The Hall–Kier alpha value is -0.670. The molecule has 0 fully saturated rings. The highest BCUT2D eigenvalue weighted by molar-refractivity contribution is 7.80. The topological polar surface area (TPSA) is 46.2 Å². The zero-order valence-electron chi connectivity index (χ0n) is 7.86. The van der Waals surface area contributed by atoms with Gasteiger partial charge in [0.05, 0.1) is 0 Å². The van der Waals surface area contributed by atoms with Crippen molar-refractivity contribution in [2.75, 3.05) is 0 Å². The number of hydrogen-bond donors (Lipinski definition) is 3. The van der Waals surface area contributed by atoms with Gasteiger partial charge in [0.25, 0.3) is 0 Å². The normalized spacial score (nSPS) is 13.3. The van der Waals surface area contributed by atoms with Gasteiger partial charge in [-0.15, -0.1) is 12.6 Å². The van der Waals surface area contributed by atoms with Gasteiger partial charge in [0, 0.05) is 16.5 Å². The summed E-state index contributed by atoms with van der Waals surface area (Å²) in [4.78, 5) is 0.577. The van der Waals surface area contributed by atoms with Crippen LogP contribution in [0.3, 0.4) is 0 Å². The van der Waals surface area contributed by atoms with E-state index in [1.807, 2.05) is 26.0 Å². The van der Waals surface area contributed by atoms with Gasteiger partial charge in [0.1, 0.15) is 5.75 Å². The minimum Gasteiger partial charge on any atom is -0.506 e. The van der Waals surface area contributed by atoms with Crippen LogP contribution in [0.2, 0.25) is 0 Å². The van der Waals surface area contributed by atoms with Crippen LogP contribution in [0.25, 0.3) is 0 Å². The van der Waals surface area contributed by atoms with Crippen molar-refractivity contribution in [3.63, 3.8) is 0 Å². The van der Waals surface area contributed by atoms with Crippen LogP contribution in [-0.2, 0) is 0 Å². The fraction of sp³-hybridized carbons (Fsp3) is 0.400. The van der Waals surface area contributed by atoms with E-state index >= 15 is 0 Å². The second kappa shape index (κ2) is 4.03. The molecule has 0 saturated heterocycles. The molecule has 13 heavy (non-hydrogen) atoms. The number of aromatic hydroxyl groups is 1. The molecule has 3 heteroatoms. The highest BCUT2D eigenvalue weighted by Crippen LogP contribution is 2.31. The molecule has 0 saturated carbocycles. The first-order chi connectivity index (χ1) is 6.04. The molecule has 72 valence electrons. The van der Waals surface area contributed by atoms with Crippen molar-refractivity contribution in [2.24, 2.45) is 11.7 Å². The minimum absolute atomic E-state index is 0.132. The highest BCUT2D eigenvalue weighted by atomic mass is 32.1. The van der Waals surface area contributed by atoms with Gasteiger partial charge in [-0.1, -0.05) is 26.0 Å². The second-order valence-electron chi connectivity index (χ2n) is 3.48. The molecule has 1 rings (SSSR count). The number of hydrogen-bond acceptors (Lipinski definition) is 3. The zero-order chi connectivity index (χ0) is 10.0. The summed E-state index contributed by atoms with van der Waals surface area (Å²) in [6.45, 7) is 4.05. The summed E-state index contributed by atoms with van der Waals surface area (Å²) in [7, 11) is 0. The SMILES string of the molecule is CC(C)C(N)c1cccc(S)c1O. The number of benzene rings is 1. The van der Waals surface area contributed by atoms with Crippen molar-refractivity contribution in [1.29, 1.82) is 0 Å². The quantitative estimate of drug-likeness (QED) is 0.637. The van der Waals surface area contributed by atoms with Crippen molar-refractivity contribution in [3.8, 4) is 5.75 Å². The number of nitrogens with two attached hydrogens (primary N) is 1. The Morgan fingerprint density at radius 3 is 2.54 bits per heavy atom. The molecule has 0 amide bonds. The summed E-state index contributed by atoms with van der Waals surface area (Å²) in [5.41, 5.74) is 6.68. The van der Waals surface area contributed by atoms with Gasteiger partial charge in [-0.05, 0) is 12.0 Å². The van der Waals surface area contributed by atoms with Gasteiger partial charge < -0.3 is 10.8 Å². The Bertz CT molecular complexity index is 299. The zero-order valence-corrected chi connectivity index (χ0v) is 8.75. The van der Waals surface area contributed by atoms with Crippen LogP contribution in [0.15, 0.2) is 23.1 Å². The van der Waals surface area contributed by atoms with Crippen LogP contribution in [0.4, 0.5) is 0 Å². The Kier molecular flexibility index (Phi) is 3.22. The molecule has 1 atom stereocenters. The third-order valence-electron chi connectivity index (χ3n) is 2.12. The molecule has 0 heterocycles. The molecule has 0 aliphatic rings. The van der Waals surface area contributed by atoms with Crippen LogP contribution >= 0.6 is 12.6 Å². The minimum atomic E-state index is -0.132. The summed E-state index contributed by atoms with van der Waals surface area (Å²) in [6, 6.07) is 5.29. The molecular weight excluding hydrogens is 182 g/mol. The van der Waals surface area contributed by atoms with E-state index < -0.39 is 0 Å². The van der Waals surface area contributed by atoms with Gasteiger partial charge in [0.2, 0.25) is 0 Å². The average molecular weight is 197 g/mol. The monoisotopic (exact) mass is 197 g/mol. The molecule has 0 bridgehead atoms. The van der Waals surface area contributed by atoms with Crippen LogP contribution in [0.5, 0.6) is 5.75 Å². The van der Waals surface area contributed by atoms with Crippen LogP contribution in [0, 0.1) is 5.92 Å². The predicted molar refractivity (Wildman–Crippen MR) is 57.1 cm³/mol. The van der Waals surface area contributed by atoms with Gasteiger partial charge in [-0.3, -0.25) is 0 Å². The maximum atomic E-state index is 9.66. The maximum absolute atomic E-state index is 9.66. The summed E-state index contributed by atoms with van der Waals surface area (Å²) >= 11 is 4.12. The lowest BCUT2D eigenvalue weighted by molar-refractivity contribution is 0.430. The summed E-state index contributed by atoms with van der Waals surface area (Å²) < 4.78 is 0. The van der Waals surface area contributed by atoms with Gasteiger partial charge >= 0.3 is 0 Å². The van der Waals surface area contributed by atoms with Crippen LogP contribution in [0.1, 0.15) is 25.5 Å². The first-order valence-corrected chi connectivity index (χ1v) is 4.75. The smallest absolute Gasteiger partial charge is 0.133 e. The lowest BCUT2D eigenvalue weighted by Gasteiger charge is -2.17. The van der Waals surface area contributed by atoms with E-state index in [0.717, 1.165) is 5.56 Å². The molecule has 0 aliphatic heterocycles. The Balaban J connectivity index is 3.07. The van der Waals surface area contributed by atoms with E-state index in [2.05, 4.69) is 12.6 Å². The standard InChI is InChI=1S/C10H15NOS/c1-6(2)9(11)7-4-3-5-8(13)10(7)12/h3-6,9,12-13H,11H2,1-2H3. The molecule has 0 aromatic heterocycles. The largest absolute Gasteiger partial charge is 0.506 e. The average Bonchev–Trinajstić information content (AvgIpc) is 2.08. The van der Waals surface area contributed by atoms with Crippen LogP contribution in [-0.4, -0.2) is 5.11 Å². The number of rotatable bonds is 2. The Morgan fingerprint density at radius 1 is 1.38 bits per heavy atom. The summed E-state index contributed by atoms with van der Waals surface area (Å²) in [6.07, 6.45) is 0. The third-order valence-corrected chi connectivity index (χ3v) is 2.48. The second-order valence-corrected chi connectivity index (χ2v) is 3.97. The molecule has 0 aliphatic carbocycles. The number of phenols is 1. The molecule has 1 unspecified atom stereocenters. The van der Waals surface area contributed by atoms with Crippen molar-refractivity contribution in [1.82, 2.24) is 0 Å². The third kappa shape index (κ3) is 2.17. The number of para-hydroxylation sites is 1. The van der Waals surface area contributed by atoms with Crippen LogP contribution < -0.4 is 5.73 Å². The maximum Gasteiger partial charge on any atom is 0.133 e. The first kappa shape index (κ1) is 10.4. The Labute approximate surface area is 84.2 Å². The molecule has 3 N–H and O–H groups in total. The van der Waals surface area contributed by atoms with E-state index in [9.17, 15) is 5.11 Å². The molecular formula is C10H15NOS. The van der Waals surface area contributed by atoms with Gasteiger partial charge in [-0.25, -0.2) is 0 Å². The number of thiol groups is 1. The summed E-state index contributed by atoms with van der Waals surface area (Å²) in [5.74, 6) is 0.507. The lowest BCUT2D eigenvalue weighted by Crippen LogP contribution is -2.16. The predicted octanol–water partition coefficient (Wildman–Crippen LogP) is 2.34. The van der Waals surface area contributed by atoms with Gasteiger partial charge in [-0.2, -0.15) is 0 Å². The first-order valence-electron chi connectivity index (χ1n) is 4.30. The summed E-state index contributed by atoms with van der Waals surface area (Å²) in [5, 5.41) is 9.66. The fourth-order valence-corrected chi connectivity index (χ4v) is 1.39. The van der Waals surface area contributed by atoms with E-state index in [0.29, 0.717) is 10.8 Å². The van der Waals surface area contributed by atoms with E-state index in [-0.39, 0.29) is 11.8 Å². The lowest BCUT2D eigenvalue weighted by atomic mass is 9.96. The fourth-order valence-electron chi connectivity index (χ4n) is 1.18. The number of phenolic OH excluding ortho intramolecular Hbond substituents is 1. The van der Waals surface area contributed by atoms with Crippen molar-refractivity contribution in [2.45, 2.75) is 24.8 Å². The Morgan fingerprint density at radius 2 is 2.00 bits per heavy atom. The van der Waals surface area contributed by atoms with Gasteiger partial charge in [0.15, 0.2) is 0 Å². The van der Waals surface area contributed by atoms with E-state index in [1.165, 1.54) is 0 Å². The van der Waals surface area contributed by atoms with E-state index in [4.69, 9.17) is 5.73 Å². The molecule has 1 aromatic rings. The molecule has 0 spiro atoms. The van der Waals surface area contributed by atoms with Crippen molar-refractivity contribution < 1.29 is 5.11 Å². The highest BCUT2D eigenvalue weighted by Gasteiger charge is 2.15. The van der Waals surface area contributed by atoms with Crippen molar-refractivity contribution in [3.05, 3.63) is 23.8 Å². The van der Waals surface area contributed by atoms with Crippen molar-refractivity contribution >= 4 is 12.6 Å². The molecule has 2 nitrogen and oxygen atoms in total. The van der Waals surface area contributed by atoms with E-state index in [1.54, 1.807) is 6.07 Å². The molecule has 1 aromatic carbocycles. The molecule has 0 radical (unpaired) electrons.